The molecular formula is C18H34O4Si. The molecule has 0 aromatic heterocycles. The molecule has 0 fully saturated rings. The second-order valence-corrected chi connectivity index (χ2v) is 12.1. The number of hydrogen-bond acceptors (Lipinski definition) is 4. The second-order valence-electron chi connectivity index (χ2n) is 7.58. The van der Waals surface area contributed by atoms with Gasteiger partial charge in [0.2, 0.25) is 0 Å². The Hall–Kier alpha value is -0.493. The molecule has 0 aromatic rings. The quantitative estimate of drug-likeness (QED) is 0.421. The van der Waals surface area contributed by atoms with Crippen LogP contribution in [-0.2, 0) is 9.22 Å². The monoisotopic (exact) mass is 342 g/mol. The Morgan fingerprint density at radius 3 is 2.48 bits per heavy atom. The van der Waals surface area contributed by atoms with Crippen LogP contribution in [0.4, 0.5) is 0 Å². The Morgan fingerprint density at radius 2 is 1.91 bits per heavy atom. The van der Waals surface area contributed by atoms with Crippen molar-refractivity contribution in [3.05, 3.63) is 11.6 Å². The molecule has 0 aromatic carbocycles. The van der Waals surface area contributed by atoms with Crippen molar-refractivity contribution < 1.29 is 19.4 Å². The van der Waals surface area contributed by atoms with E-state index in [2.05, 4.69) is 25.7 Å². The lowest BCUT2D eigenvalue weighted by Gasteiger charge is -2.26. The first-order valence-corrected chi connectivity index (χ1v) is 12.4. The number of rotatable bonds is 12. The van der Waals surface area contributed by atoms with Gasteiger partial charge in [0.15, 0.2) is 14.1 Å². The van der Waals surface area contributed by atoms with E-state index in [0.717, 1.165) is 50.5 Å². The van der Waals surface area contributed by atoms with Gasteiger partial charge in [-0.25, -0.2) is 0 Å². The van der Waals surface area contributed by atoms with Crippen LogP contribution < -0.4 is 0 Å². The maximum absolute atomic E-state index is 11.5. The average molecular weight is 343 g/mol. The van der Waals surface area contributed by atoms with Crippen molar-refractivity contribution >= 4 is 14.1 Å². The fourth-order valence-electron chi connectivity index (χ4n) is 2.86. The summed E-state index contributed by atoms with van der Waals surface area (Å²) in [6.45, 7) is 6.74. The normalized spacial score (nSPS) is 18.1. The van der Waals surface area contributed by atoms with Crippen LogP contribution in [0.25, 0.3) is 0 Å². The summed E-state index contributed by atoms with van der Waals surface area (Å²) in [6, 6.07) is 0. The third-order valence-corrected chi connectivity index (χ3v) is 5.39. The first-order valence-electron chi connectivity index (χ1n) is 8.98. The van der Waals surface area contributed by atoms with Gasteiger partial charge < -0.3 is 14.6 Å². The minimum atomic E-state index is -1.59. The van der Waals surface area contributed by atoms with Gasteiger partial charge in [-0.1, -0.05) is 25.3 Å². The Labute approximate surface area is 142 Å². The van der Waals surface area contributed by atoms with Gasteiger partial charge >= 0.3 is 0 Å². The van der Waals surface area contributed by atoms with E-state index < -0.39 is 14.4 Å². The van der Waals surface area contributed by atoms with Crippen LogP contribution in [0.3, 0.4) is 0 Å². The molecule has 134 valence electrons. The van der Waals surface area contributed by atoms with Crippen LogP contribution in [0.1, 0.15) is 51.4 Å². The number of allylic oxidation sites excluding steroid dienone is 2. The zero-order valence-corrected chi connectivity index (χ0v) is 16.0. The average Bonchev–Trinajstić information content (AvgIpc) is 2.89. The summed E-state index contributed by atoms with van der Waals surface area (Å²) in [7, 11) is -1.59. The van der Waals surface area contributed by atoms with Crippen LogP contribution >= 0.6 is 0 Å². The lowest BCUT2D eigenvalue weighted by atomic mass is 9.96. The highest BCUT2D eigenvalue weighted by Gasteiger charge is 2.22. The van der Waals surface area contributed by atoms with Crippen molar-refractivity contribution in [3.8, 4) is 0 Å². The number of unbranched alkanes of at least 4 members (excludes halogenated alkanes) is 3. The predicted molar refractivity (Wildman–Crippen MR) is 95.9 cm³/mol. The largest absolute Gasteiger partial charge is 0.417 e. The van der Waals surface area contributed by atoms with Crippen molar-refractivity contribution in [1.29, 1.82) is 0 Å². The molecule has 2 atom stereocenters. The number of carbonyl (C=O) groups is 1. The number of ketones is 1. The molecule has 1 rings (SSSR count). The summed E-state index contributed by atoms with van der Waals surface area (Å²) < 4.78 is 5.89. The zero-order valence-electron chi connectivity index (χ0n) is 15.0. The van der Waals surface area contributed by atoms with Gasteiger partial charge in [0, 0.05) is 18.9 Å². The van der Waals surface area contributed by atoms with Gasteiger partial charge in [0.25, 0.3) is 0 Å². The Morgan fingerprint density at radius 1 is 1.22 bits per heavy atom. The van der Waals surface area contributed by atoms with Crippen molar-refractivity contribution in [2.45, 2.75) is 77.1 Å². The van der Waals surface area contributed by atoms with Crippen molar-refractivity contribution in [3.63, 3.8) is 0 Å². The van der Waals surface area contributed by atoms with Crippen molar-refractivity contribution in [2.24, 2.45) is 5.92 Å². The van der Waals surface area contributed by atoms with E-state index in [1.807, 2.05) is 0 Å². The molecular weight excluding hydrogens is 308 g/mol. The fourth-order valence-corrected chi connectivity index (χ4v) is 3.58. The number of carbonyl (C=O) groups excluding carboxylic acids is 1. The van der Waals surface area contributed by atoms with E-state index in [1.165, 1.54) is 0 Å². The Bertz CT molecular complexity index is 387. The van der Waals surface area contributed by atoms with E-state index in [9.17, 15) is 15.0 Å². The van der Waals surface area contributed by atoms with Crippen LogP contribution in [-0.4, -0.2) is 43.6 Å². The minimum absolute atomic E-state index is 0.0193. The van der Waals surface area contributed by atoms with E-state index in [-0.39, 0.29) is 12.5 Å². The van der Waals surface area contributed by atoms with Gasteiger partial charge in [-0.05, 0) is 50.9 Å². The first kappa shape index (κ1) is 20.6. The smallest absolute Gasteiger partial charge is 0.183 e. The molecule has 1 aliphatic rings. The zero-order chi connectivity index (χ0) is 17.3. The summed E-state index contributed by atoms with van der Waals surface area (Å²) in [5.41, 5.74) is 1.03. The summed E-state index contributed by atoms with van der Waals surface area (Å²) in [5, 5.41) is 19.1. The molecule has 0 heterocycles. The highest BCUT2D eigenvalue weighted by atomic mass is 28.4. The molecule has 0 bridgehead atoms. The molecule has 23 heavy (non-hydrogen) atoms. The van der Waals surface area contributed by atoms with Gasteiger partial charge in [0.1, 0.15) is 0 Å². The highest BCUT2D eigenvalue weighted by molar-refractivity contribution is 6.69. The molecule has 0 radical (unpaired) electrons. The van der Waals surface area contributed by atoms with Gasteiger partial charge in [-0.3, -0.25) is 4.79 Å². The number of aliphatic hydroxyl groups excluding tert-OH is 2. The third-order valence-electron chi connectivity index (χ3n) is 4.35. The highest BCUT2D eigenvalue weighted by Crippen LogP contribution is 2.21. The predicted octanol–water partition coefficient (Wildman–Crippen LogP) is 3.44. The van der Waals surface area contributed by atoms with Crippen molar-refractivity contribution in [2.75, 3.05) is 13.2 Å². The SMILES string of the molecule is C[Si](C)(C)OCC(CCCCCCC1=CCCC1=O)C(O)CO. The number of aliphatic hydroxyl groups is 2. The Kier molecular flexibility index (Phi) is 9.28. The Balaban J connectivity index is 2.17. The molecule has 0 aliphatic heterocycles. The summed E-state index contributed by atoms with van der Waals surface area (Å²) in [5.74, 6) is 0.352. The summed E-state index contributed by atoms with van der Waals surface area (Å²) in [4.78, 5) is 11.5. The second kappa shape index (κ2) is 10.4. The fraction of sp³-hybridized carbons (Fsp3) is 0.833. The van der Waals surface area contributed by atoms with Crippen LogP contribution in [0, 0.1) is 5.92 Å². The van der Waals surface area contributed by atoms with E-state index >= 15 is 0 Å². The maximum atomic E-state index is 11.5. The number of hydrogen-bond donors (Lipinski definition) is 2. The molecule has 4 nitrogen and oxygen atoms in total. The molecule has 0 amide bonds. The maximum Gasteiger partial charge on any atom is 0.183 e. The van der Waals surface area contributed by atoms with Crippen LogP contribution in [0.2, 0.25) is 19.6 Å². The molecule has 0 saturated carbocycles. The standard InChI is InChI=1S/C18H34O4Si/c1-23(2,3)22-14-16(18(21)13-19)10-7-5-4-6-9-15-11-8-12-17(15)20/h11,16,18-19,21H,4-10,12-14H2,1-3H3. The topological polar surface area (TPSA) is 66.8 Å². The number of Topliss-reactive ketones (excluding diaryl/α,β-unsaturated/α-hetero) is 1. The van der Waals surface area contributed by atoms with Crippen LogP contribution in [0.15, 0.2) is 11.6 Å². The lowest BCUT2D eigenvalue weighted by Crippen LogP contribution is -2.34. The molecule has 0 spiro atoms. The van der Waals surface area contributed by atoms with Crippen LogP contribution in [0.5, 0.6) is 0 Å². The van der Waals surface area contributed by atoms with Crippen molar-refractivity contribution in [1.82, 2.24) is 0 Å². The molecule has 0 saturated heterocycles. The minimum Gasteiger partial charge on any atom is -0.417 e. The molecule has 2 N–H and O–H groups in total. The van der Waals surface area contributed by atoms with E-state index in [4.69, 9.17) is 4.43 Å². The van der Waals surface area contributed by atoms with Gasteiger partial charge in [-0.2, -0.15) is 0 Å². The summed E-state index contributed by atoms with van der Waals surface area (Å²) in [6.07, 6.45) is 9.13. The summed E-state index contributed by atoms with van der Waals surface area (Å²) >= 11 is 0. The van der Waals surface area contributed by atoms with E-state index in [1.54, 1.807) is 0 Å². The van der Waals surface area contributed by atoms with E-state index in [0.29, 0.717) is 18.8 Å². The lowest BCUT2D eigenvalue weighted by molar-refractivity contribution is -0.115. The first-order chi connectivity index (χ1) is 10.8. The molecule has 2 unspecified atom stereocenters. The third kappa shape index (κ3) is 8.79. The molecule has 1 aliphatic carbocycles. The van der Waals surface area contributed by atoms with Gasteiger partial charge in [-0.15, -0.1) is 0 Å². The molecule has 5 heteroatoms. The van der Waals surface area contributed by atoms with Gasteiger partial charge in [0.05, 0.1) is 12.7 Å².